The summed E-state index contributed by atoms with van der Waals surface area (Å²) < 4.78 is 5.41. The van der Waals surface area contributed by atoms with Crippen LogP contribution in [0.5, 0.6) is 5.75 Å². The number of amides is 1. The molecule has 2 heterocycles. The zero-order chi connectivity index (χ0) is 18.5. The largest absolute Gasteiger partial charge is 0.496 e. The summed E-state index contributed by atoms with van der Waals surface area (Å²) in [6, 6.07) is 7.84. The number of carbonyl (C=O) groups is 2. The van der Waals surface area contributed by atoms with Crippen LogP contribution in [0.15, 0.2) is 29.6 Å². The lowest BCUT2D eigenvalue weighted by atomic mass is 9.97. The van der Waals surface area contributed by atoms with Gasteiger partial charge < -0.3 is 14.7 Å². The molecule has 0 spiro atoms. The van der Waals surface area contributed by atoms with E-state index in [0.29, 0.717) is 19.0 Å². The molecular weight excluding hydrogens is 352 g/mol. The first kappa shape index (κ1) is 18.4. The third-order valence-electron chi connectivity index (χ3n) is 4.65. The first-order chi connectivity index (χ1) is 12.6. The van der Waals surface area contributed by atoms with E-state index in [9.17, 15) is 9.59 Å². The van der Waals surface area contributed by atoms with Crippen molar-refractivity contribution >= 4 is 23.2 Å². The molecule has 26 heavy (non-hydrogen) atoms. The molecule has 0 bridgehead atoms. The standard InChI is InChI=1S/C19H22N2O4S/c1-25-16-5-3-2-4-14(16)15-12-26-19(20-15)13-8-10-21(11-9-13)17(22)6-7-18(23)24/h2-5,12-13H,6-11H2,1H3,(H,23,24). The van der Waals surface area contributed by atoms with Gasteiger partial charge in [0.25, 0.3) is 0 Å². The second kappa shape index (κ2) is 8.31. The van der Waals surface area contributed by atoms with Crippen molar-refractivity contribution in [2.24, 2.45) is 0 Å². The second-order valence-electron chi connectivity index (χ2n) is 6.32. The Morgan fingerprint density at radius 2 is 2.00 bits per heavy atom. The normalized spacial score (nSPS) is 15.0. The van der Waals surface area contributed by atoms with E-state index in [2.05, 4.69) is 5.38 Å². The van der Waals surface area contributed by atoms with Gasteiger partial charge in [-0.15, -0.1) is 11.3 Å². The molecule has 1 aliphatic heterocycles. The summed E-state index contributed by atoms with van der Waals surface area (Å²) in [5.74, 6) is 0.148. The predicted octanol–water partition coefficient (Wildman–Crippen LogP) is 3.39. The van der Waals surface area contributed by atoms with Gasteiger partial charge in [0.05, 0.1) is 24.2 Å². The van der Waals surface area contributed by atoms with Gasteiger partial charge in [0.15, 0.2) is 0 Å². The number of likely N-dealkylation sites (tertiary alicyclic amines) is 1. The molecule has 0 unspecified atom stereocenters. The average Bonchev–Trinajstić information content (AvgIpc) is 3.16. The van der Waals surface area contributed by atoms with E-state index in [1.165, 1.54) is 0 Å². The molecule has 1 aromatic heterocycles. The zero-order valence-electron chi connectivity index (χ0n) is 14.7. The Labute approximate surface area is 156 Å². The minimum atomic E-state index is -0.931. The summed E-state index contributed by atoms with van der Waals surface area (Å²) in [5.41, 5.74) is 1.90. The van der Waals surface area contributed by atoms with Crippen LogP contribution in [0, 0.1) is 0 Å². The highest BCUT2D eigenvalue weighted by Crippen LogP contribution is 2.35. The number of para-hydroxylation sites is 1. The van der Waals surface area contributed by atoms with E-state index in [1.807, 2.05) is 24.3 Å². The molecule has 2 aromatic rings. The Hall–Kier alpha value is -2.41. The highest BCUT2D eigenvalue weighted by Gasteiger charge is 2.26. The third-order valence-corrected chi connectivity index (χ3v) is 5.66. The number of carboxylic acids is 1. The Balaban J connectivity index is 1.61. The summed E-state index contributed by atoms with van der Waals surface area (Å²) in [7, 11) is 1.66. The summed E-state index contributed by atoms with van der Waals surface area (Å²) in [6.45, 7) is 1.32. The molecule has 6 nitrogen and oxygen atoms in total. The first-order valence-corrected chi connectivity index (χ1v) is 9.55. The Morgan fingerprint density at radius 1 is 1.27 bits per heavy atom. The number of carboxylic acid groups (broad SMARTS) is 1. The number of rotatable bonds is 6. The summed E-state index contributed by atoms with van der Waals surface area (Å²) in [5, 5.41) is 11.8. The number of thiazole rings is 1. The second-order valence-corrected chi connectivity index (χ2v) is 7.21. The maximum atomic E-state index is 12.0. The van der Waals surface area contributed by atoms with Gasteiger partial charge in [0.2, 0.25) is 5.91 Å². The number of methoxy groups -OCH3 is 1. The SMILES string of the molecule is COc1ccccc1-c1csc(C2CCN(C(=O)CCC(=O)O)CC2)n1. The van der Waals surface area contributed by atoms with Gasteiger partial charge >= 0.3 is 5.97 Å². The highest BCUT2D eigenvalue weighted by atomic mass is 32.1. The van der Waals surface area contributed by atoms with Crippen molar-refractivity contribution in [3.05, 3.63) is 34.7 Å². The van der Waals surface area contributed by atoms with Crippen LogP contribution in [-0.4, -0.2) is 47.1 Å². The van der Waals surface area contributed by atoms with Crippen LogP contribution in [0.1, 0.15) is 36.6 Å². The monoisotopic (exact) mass is 374 g/mol. The Kier molecular flexibility index (Phi) is 5.88. The van der Waals surface area contributed by atoms with E-state index in [4.69, 9.17) is 14.8 Å². The molecule has 1 fully saturated rings. The number of hydrogen-bond acceptors (Lipinski definition) is 5. The smallest absolute Gasteiger partial charge is 0.303 e. The molecule has 1 N–H and O–H groups in total. The van der Waals surface area contributed by atoms with Crippen LogP contribution in [-0.2, 0) is 9.59 Å². The van der Waals surface area contributed by atoms with Crippen molar-refractivity contribution in [3.8, 4) is 17.0 Å². The molecular formula is C19H22N2O4S. The Bertz CT molecular complexity index is 781. The maximum absolute atomic E-state index is 12.0. The number of aromatic nitrogens is 1. The molecule has 138 valence electrons. The molecule has 0 aliphatic carbocycles. The van der Waals surface area contributed by atoms with Crippen LogP contribution < -0.4 is 4.74 Å². The summed E-state index contributed by atoms with van der Waals surface area (Å²) >= 11 is 1.65. The van der Waals surface area contributed by atoms with Gasteiger partial charge in [-0.2, -0.15) is 0 Å². The lowest BCUT2D eigenvalue weighted by Crippen LogP contribution is -2.38. The van der Waals surface area contributed by atoms with Crippen LogP contribution in [0.25, 0.3) is 11.3 Å². The van der Waals surface area contributed by atoms with Crippen molar-refractivity contribution in [1.82, 2.24) is 9.88 Å². The molecule has 0 saturated carbocycles. The Morgan fingerprint density at radius 3 is 2.69 bits per heavy atom. The van der Waals surface area contributed by atoms with Crippen LogP contribution in [0.2, 0.25) is 0 Å². The fourth-order valence-corrected chi connectivity index (χ4v) is 4.19. The van der Waals surface area contributed by atoms with Crippen LogP contribution in [0.4, 0.5) is 0 Å². The topological polar surface area (TPSA) is 79.7 Å². The van der Waals surface area contributed by atoms with E-state index in [1.54, 1.807) is 23.3 Å². The van der Waals surface area contributed by atoms with Crippen LogP contribution in [0.3, 0.4) is 0 Å². The molecule has 1 amide bonds. The number of piperidine rings is 1. The van der Waals surface area contributed by atoms with Gasteiger partial charge in [-0.3, -0.25) is 9.59 Å². The quantitative estimate of drug-likeness (QED) is 0.838. The van der Waals surface area contributed by atoms with Gasteiger partial charge in [-0.1, -0.05) is 12.1 Å². The van der Waals surface area contributed by atoms with E-state index in [-0.39, 0.29) is 18.7 Å². The van der Waals surface area contributed by atoms with E-state index >= 15 is 0 Å². The number of aliphatic carboxylic acids is 1. The van der Waals surface area contributed by atoms with Gasteiger partial charge in [-0.05, 0) is 25.0 Å². The minimum absolute atomic E-state index is 0.0697. The van der Waals surface area contributed by atoms with E-state index in [0.717, 1.165) is 34.9 Å². The summed E-state index contributed by atoms with van der Waals surface area (Å²) in [6.07, 6.45) is 1.69. The fourth-order valence-electron chi connectivity index (χ4n) is 3.20. The molecule has 0 atom stereocenters. The first-order valence-electron chi connectivity index (χ1n) is 8.67. The number of benzene rings is 1. The predicted molar refractivity (Wildman–Crippen MR) is 99.5 cm³/mol. The third kappa shape index (κ3) is 4.22. The van der Waals surface area contributed by atoms with Crippen molar-refractivity contribution in [2.75, 3.05) is 20.2 Å². The highest BCUT2D eigenvalue weighted by molar-refractivity contribution is 7.10. The lowest BCUT2D eigenvalue weighted by molar-refractivity contribution is -0.141. The number of carbonyl (C=O) groups excluding carboxylic acids is 1. The van der Waals surface area contributed by atoms with Gasteiger partial charge in [0.1, 0.15) is 5.75 Å². The molecule has 7 heteroatoms. The molecule has 0 radical (unpaired) electrons. The zero-order valence-corrected chi connectivity index (χ0v) is 15.5. The summed E-state index contributed by atoms with van der Waals surface area (Å²) in [4.78, 5) is 29.2. The van der Waals surface area contributed by atoms with Crippen molar-refractivity contribution in [1.29, 1.82) is 0 Å². The van der Waals surface area contributed by atoms with Crippen molar-refractivity contribution in [2.45, 2.75) is 31.6 Å². The molecule has 1 aromatic carbocycles. The number of hydrogen-bond donors (Lipinski definition) is 1. The number of ether oxygens (including phenoxy) is 1. The molecule has 1 saturated heterocycles. The maximum Gasteiger partial charge on any atom is 0.303 e. The van der Waals surface area contributed by atoms with E-state index < -0.39 is 5.97 Å². The molecule has 1 aliphatic rings. The average molecular weight is 374 g/mol. The van der Waals surface area contributed by atoms with Gasteiger partial charge in [-0.25, -0.2) is 4.98 Å². The van der Waals surface area contributed by atoms with Crippen molar-refractivity contribution < 1.29 is 19.4 Å². The van der Waals surface area contributed by atoms with Crippen LogP contribution >= 0.6 is 11.3 Å². The number of nitrogens with zero attached hydrogens (tertiary/aromatic N) is 2. The van der Waals surface area contributed by atoms with Gasteiger partial charge in [0, 0.05) is 36.4 Å². The molecule has 3 rings (SSSR count). The minimum Gasteiger partial charge on any atom is -0.496 e. The fraction of sp³-hybridized carbons (Fsp3) is 0.421. The van der Waals surface area contributed by atoms with Crippen molar-refractivity contribution in [3.63, 3.8) is 0 Å². The lowest BCUT2D eigenvalue weighted by Gasteiger charge is -2.31.